The molecule has 0 aliphatic heterocycles. The quantitative estimate of drug-likeness (QED) is 0.429. The van der Waals surface area contributed by atoms with Crippen LogP contribution in [0.2, 0.25) is 0 Å². The number of rotatable bonds is 5. The molecule has 0 spiro atoms. The fourth-order valence-corrected chi connectivity index (χ4v) is 1.20. The van der Waals surface area contributed by atoms with Gasteiger partial charge in [0.15, 0.2) is 11.9 Å². The van der Waals surface area contributed by atoms with Crippen LogP contribution < -0.4 is 0 Å². The zero-order valence-corrected chi connectivity index (χ0v) is 9.06. The molecule has 1 aromatic heterocycles. The summed E-state index contributed by atoms with van der Waals surface area (Å²) >= 11 is 0. The number of ketones is 2. The predicted molar refractivity (Wildman–Crippen MR) is 53.9 cm³/mol. The largest absolute Gasteiger partial charge is 0.461 e. The van der Waals surface area contributed by atoms with Gasteiger partial charge in [-0.05, 0) is 18.6 Å². The standard InChI is InChI=1S/C11H12O5/c1-3-8(16-7(2)12)10(13)11(14)9-5-4-6-15-9/h4-6,8H,3H2,1-2H3. The normalized spacial score (nSPS) is 11.9. The summed E-state index contributed by atoms with van der Waals surface area (Å²) in [4.78, 5) is 33.9. The lowest BCUT2D eigenvalue weighted by molar-refractivity contribution is -0.151. The lowest BCUT2D eigenvalue weighted by atomic mass is 10.1. The number of Topliss-reactive ketones (excluding diaryl/α,β-unsaturated/α-hetero) is 2. The Kier molecular flexibility index (Phi) is 3.99. The Bertz CT molecular complexity index is 391. The van der Waals surface area contributed by atoms with Crippen molar-refractivity contribution >= 4 is 17.5 Å². The monoisotopic (exact) mass is 224 g/mol. The van der Waals surface area contributed by atoms with E-state index in [0.717, 1.165) is 0 Å². The molecule has 86 valence electrons. The van der Waals surface area contributed by atoms with Gasteiger partial charge in [-0.1, -0.05) is 6.92 Å². The van der Waals surface area contributed by atoms with E-state index in [0.29, 0.717) is 0 Å². The highest BCUT2D eigenvalue weighted by Gasteiger charge is 2.28. The third-order valence-electron chi connectivity index (χ3n) is 1.94. The highest BCUT2D eigenvalue weighted by atomic mass is 16.5. The maximum atomic E-state index is 11.6. The molecule has 1 heterocycles. The first-order valence-corrected chi connectivity index (χ1v) is 4.85. The maximum absolute atomic E-state index is 11.6. The summed E-state index contributed by atoms with van der Waals surface area (Å²) in [6.07, 6.45) is 0.521. The molecule has 0 N–H and O–H groups in total. The van der Waals surface area contributed by atoms with Crippen LogP contribution in [0, 0.1) is 0 Å². The molecular weight excluding hydrogens is 212 g/mol. The van der Waals surface area contributed by atoms with Crippen LogP contribution in [-0.4, -0.2) is 23.6 Å². The van der Waals surface area contributed by atoms with Crippen LogP contribution in [0.3, 0.4) is 0 Å². The van der Waals surface area contributed by atoms with Crippen LogP contribution >= 0.6 is 0 Å². The van der Waals surface area contributed by atoms with Gasteiger partial charge in [-0.2, -0.15) is 0 Å². The van der Waals surface area contributed by atoms with Gasteiger partial charge < -0.3 is 9.15 Å². The van der Waals surface area contributed by atoms with Gasteiger partial charge in [0.2, 0.25) is 5.78 Å². The Morgan fingerprint density at radius 2 is 2.12 bits per heavy atom. The zero-order chi connectivity index (χ0) is 12.1. The molecule has 0 bridgehead atoms. The zero-order valence-electron chi connectivity index (χ0n) is 9.06. The highest BCUT2D eigenvalue weighted by molar-refractivity contribution is 6.44. The van der Waals surface area contributed by atoms with Crippen molar-refractivity contribution in [1.82, 2.24) is 0 Å². The van der Waals surface area contributed by atoms with Crippen molar-refractivity contribution in [1.29, 1.82) is 0 Å². The van der Waals surface area contributed by atoms with Crippen molar-refractivity contribution in [3.8, 4) is 0 Å². The van der Waals surface area contributed by atoms with E-state index in [4.69, 9.17) is 9.15 Å². The molecule has 0 fully saturated rings. The molecule has 1 aromatic rings. The summed E-state index contributed by atoms with van der Waals surface area (Å²) in [6, 6.07) is 2.90. The topological polar surface area (TPSA) is 73.6 Å². The lowest BCUT2D eigenvalue weighted by Gasteiger charge is -2.11. The average Bonchev–Trinajstić information content (AvgIpc) is 2.76. The molecular formula is C11H12O5. The molecule has 0 aliphatic rings. The fraction of sp³-hybridized carbons (Fsp3) is 0.364. The summed E-state index contributed by atoms with van der Waals surface area (Å²) < 4.78 is 9.53. The number of hydrogen-bond acceptors (Lipinski definition) is 5. The van der Waals surface area contributed by atoms with Gasteiger partial charge in [0.1, 0.15) is 0 Å². The molecule has 0 saturated heterocycles. The van der Waals surface area contributed by atoms with E-state index < -0.39 is 23.6 Å². The molecule has 0 saturated carbocycles. The van der Waals surface area contributed by atoms with Gasteiger partial charge in [-0.3, -0.25) is 14.4 Å². The highest BCUT2D eigenvalue weighted by Crippen LogP contribution is 2.08. The van der Waals surface area contributed by atoms with Crippen molar-refractivity contribution in [2.24, 2.45) is 0 Å². The second kappa shape index (κ2) is 5.25. The molecule has 0 radical (unpaired) electrons. The fourth-order valence-electron chi connectivity index (χ4n) is 1.20. The molecule has 1 rings (SSSR count). The first-order chi connectivity index (χ1) is 7.56. The molecule has 0 aromatic carbocycles. The van der Waals surface area contributed by atoms with E-state index in [9.17, 15) is 14.4 Å². The van der Waals surface area contributed by atoms with Crippen LogP contribution in [0.15, 0.2) is 22.8 Å². The molecule has 5 nitrogen and oxygen atoms in total. The third kappa shape index (κ3) is 2.79. The summed E-state index contributed by atoms with van der Waals surface area (Å²) in [5.74, 6) is -2.19. The molecule has 5 heteroatoms. The van der Waals surface area contributed by atoms with Crippen molar-refractivity contribution in [2.75, 3.05) is 0 Å². The van der Waals surface area contributed by atoms with E-state index in [1.165, 1.54) is 25.3 Å². The Morgan fingerprint density at radius 3 is 2.56 bits per heavy atom. The SMILES string of the molecule is CCC(OC(C)=O)C(=O)C(=O)c1ccco1. The van der Waals surface area contributed by atoms with Gasteiger partial charge in [-0.25, -0.2) is 0 Å². The summed E-state index contributed by atoms with van der Waals surface area (Å²) in [6.45, 7) is 2.84. The first kappa shape index (κ1) is 12.2. The van der Waals surface area contributed by atoms with Gasteiger partial charge in [0.05, 0.1) is 6.26 Å². The van der Waals surface area contributed by atoms with Crippen molar-refractivity contribution in [3.63, 3.8) is 0 Å². The summed E-state index contributed by atoms with van der Waals surface area (Å²) in [5.41, 5.74) is 0. The van der Waals surface area contributed by atoms with Gasteiger partial charge in [0.25, 0.3) is 5.78 Å². The Balaban J connectivity index is 2.76. The van der Waals surface area contributed by atoms with Crippen LogP contribution in [-0.2, 0) is 14.3 Å². The first-order valence-electron chi connectivity index (χ1n) is 4.85. The molecule has 0 aliphatic carbocycles. The van der Waals surface area contributed by atoms with Crippen molar-refractivity contribution < 1.29 is 23.5 Å². The number of carbonyl (C=O) groups is 3. The molecule has 0 amide bonds. The van der Waals surface area contributed by atoms with E-state index >= 15 is 0 Å². The van der Waals surface area contributed by atoms with Crippen LogP contribution in [0.4, 0.5) is 0 Å². The molecule has 16 heavy (non-hydrogen) atoms. The maximum Gasteiger partial charge on any atom is 0.303 e. The van der Waals surface area contributed by atoms with Gasteiger partial charge >= 0.3 is 5.97 Å². The minimum Gasteiger partial charge on any atom is -0.461 e. The van der Waals surface area contributed by atoms with Gasteiger partial charge in [0, 0.05) is 6.92 Å². The molecule has 1 atom stereocenters. The summed E-state index contributed by atoms with van der Waals surface area (Å²) in [7, 11) is 0. The predicted octanol–water partition coefficient (Wildman–Crippen LogP) is 1.37. The van der Waals surface area contributed by atoms with Crippen molar-refractivity contribution in [3.05, 3.63) is 24.2 Å². The average molecular weight is 224 g/mol. The number of ether oxygens (including phenoxy) is 1. The Hall–Kier alpha value is -1.91. The van der Waals surface area contributed by atoms with Crippen molar-refractivity contribution in [2.45, 2.75) is 26.4 Å². The van der Waals surface area contributed by atoms with E-state index in [-0.39, 0.29) is 12.2 Å². The minimum absolute atomic E-state index is 0.0457. The second-order valence-electron chi connectivity index (χ2n) is 3.18. The number of hydrogen-bond donors (Lipinski definition) is 0. The summed E-state index contributed by atoms with van der Waals surface area (Å²) in [5, 5.41) is 0. The van der Waals surface area contributed by atoms with E-state index in [1.807, 2.05) is 0 Å². The number of esters is 1. The van der Waals surface area contributed by atoms with E-state index in [2.05, 4.69) is 0 Å². The van der Waals surface area contributed by atoms with Crippen LogP contribution in [0.5, 0.6) is 0 Å². The Morgan fingerprint density at radius 1 is 1.44 bits per heavy atom. The number of carbonyl (C=O) groups excluding carboxylic acids is 3. The smallest absolute Gasteiger partial charge is 0.303 e. The third-order valence-corrected chi connectivity index (χ3v) is 1.94. The van der Waals surface area contributed by atoms with E-state index in [1.54, 1.807) is 6.92 Å². The Labute approximate surface area is 92.4 Å². The number of furan rings is 1. The molecule has 1 unspecified atom stereocenters. The van der Waals surface area contributed by atoms with Crippen LogP contribution in [0.25, 0.3) is 0 Å². The van der Waals surface area contributed by atoms with Gasteiger partial charge in [-0.15, -0.1) is 0 Å². The van der Waals surface area contributed by atoms with Crippen LogP contribution in [0.1, 0.15) is 30.8 Å². The lowest BCUT2D eigenvalue weighted by Crippen LogP contribution is -2.31. The second-order valence-corrected chi connectivity index (χ2v) is 3.18. The minimum atomic E-state index is -1.03.